The van der Waals surface area contributed by atoms with E-state index in [1.807, 2.05) is 56.0 Å². The van der Waals surface area contributed by atoms with Crippen molar-refractivity contribution in [2.75, 3.05) is 18.0 Å². The van der Waals surface area contributed by atoms with Crippen molar-refractivity contribution in [3.8, 4) is 0 Å². The Bertz CT molecular complexity index is 1090. The van der Waals surface area contributed by atoms with Gasteiger partial charge >= 0.3 is 0 Å². The van der Waals surface area contributed by atoms with E-state index in [1.165, 1.54) is 6.07 Å². The lowest BCUT2D eigenvalue weighted by molar-refractivity contribution is -0.00539. The number of anilines is 1. The first kappa shape index (κ1) is 23.7. The highest BCUT2D eigenvalue weighted by Crippen LogP contribution is 2.25. The van der Waals surface area contributed by atoms with Crippen LogP contribution in [-0.2, 0) is 17.0 Å². The molecule has 1 aliphatic rings. The number of aryl methyl sites for hydroxylation is 1. The third-order valence-corrected chi connectivity index (χ3v) is 7.26. The van der Waals surface area contributed by atoms with Crippen molar-refractivity contribution in [1.82, 2.24) is 10.3 Å². The number of morpholine rings is 1. The van der Waals surface area contributed by atoms with E-state index in [9.17, 15) is 9.18 Å². The lowest BCUT2D eigenvalue weighted by Crippen LogP contribution is -2.45. The summed E-state index contributed by atoms with van der Waals surface area (Å²) in [6.45, 7) is 7.59. The Balaban J connectivity index is 1.30. The van der Waals surface area contributed by atoms with Crippen LogP contribution in [0.5, 0.6) is 0 Å². The van der Waals surface area contributed by atoms with Gasteiger partial charge in [0, 0.05) is 41.2 Å². The Morgan fingerprint density at radius 3 is 2.58 bits per heavy atom. The van der Waals surface area contributed by atoms with E-state index in [-0.39, 0.29) is 30.5 Å². The van der Waals surface area contributed by atoms with Crippen LogP contribution in [0.25, 0.3) is 0 Å². The molecule has 1 aliphatic heterocycles. The van der Waals surface area contributed by atoms with Crippen molar-refractivity contribution in [1.29, 1.82) is 0 Å². The molecule has 0 radical (unpaired) electrons. The first-order valence-corrected chi connectivity index (χ1v) is 12.8. The van der Waals surface area contributed by atoms with Gasteiger partial charge in [-0.05, 0) is 62.7 Å². The lowest BCUT2D eigenvalue weighted by atomic mass is 10.1. The maximum absolute atomic E-state index is 14.8. The van der Waals surface area contributed by atoms with Crippen LogP contribution in [0.3, 0.4) is 0 Å². The van der Waals surface area contributed by atoms with E-state index in [4.69, 9.17) is 4.74 Å². The van der Waals surface area contributed by atoms with Crippen LogP contribution in [0.4, 0.5) is 10.1 Å². The van der Waals surface area contributed by atoms with E-state index >= 15 is 0 Å². The number of carbonyl (C=O) groups excluding carboxylic acids is 1. The summed E-state index contributed by atoms with van der Waals surface area (Å²) in [6, 6.07) is 12.7. The minimum Gasteiger partial charge on any atom is -0.372 e. The summed E-state index contributed by atoms with van der Waals surface area (Å²) in [4.78, 5) is 20.1. The van der Waals surface area contributed by atoms with Gasteiger partial charge in [0.1, 0.15) is 5.82 Å². The standard InChI is InChI=1S/C25H28FN3O2S2/c1-16-12-29(13-17(2)31-16)24-9-4-19(10-23(24)26)11-27-25(30)20-5-7-22(8-6-20)33-15-21-14-32-18(3)28-21/h4-10,14,16-17H,11-13,15H2,1-3H3,(H,27,30). The van der Waals surface area contributed by atoms with Crippen molar-refractivity contribution >= 4 is 34.7 Å². The zero-order chi connectivity index (χ0) is 23.4. The average molecular weight is 486 g/mol. The first-order valence-electron chi connectivity index (χ1n) is 11.0. The molecular weight excluding hydrogens is 457 g/mol. The molecule has 1 aromatic heterocycles. The van der Waals surface area contributed by atoms with Gasteiger partial charge in [-0.25, -0.2) is 9.37 Å². The minimum atomic E-state index is -0.278. The first-order chi connectivity index (χ1) is 15.9. The Morgan fingerprint density at radius 2 is 1.94 bits per heavy atom. The second kappa shape index (κ2) is 10.7. The number of hydrogen-bond donors (Lipinski definition) is 1. The largest absolute Gasteiger partial charge is 0.372 e. The number of benzene rings is 2. The monoisotopic (exact) mass is 485 g/mol. The predicted octanol–water partition coefficient (Wildman–Crippen LogP) is 5.43. The Morgan fingerprint density at radius 1 is 1.21 bits per heavy atom. The number of carbonyl (C=O) groups is 1. The van der Waals surface area contributed by atoms with E-state index in [2.05, 4.69) is 15.7 Å². The molecule has 33 heavy (non-hydrogen) atoms. The third kappa shape index (κ3) is 6.34. The Labute approximate surface area is 202 Å². The molecule has 0 spiro atoms. The summed E-state index contributed by atoms with van der Waals surface area (Å²) in [5, 5.41) is 6.02. The van der Waals surface area contributed by atoms with Crippen LogP contribution in [-0.4, -0.2) is 36.2 Å². The molecule has 8 heteroatoms. The smallest absolute Gasteiger partial charge is 0.251 e. The van der Waals surface area contributed by atoms with E-state index in [0.29, 0.717) is 24.3 Å². The number of hydrogen-bond acceptors (Lipinski definition) is 6. The summed E-state index contributed by atoms with van der Waals surface area (Å²) in [7, 11) is 0. The molecule has 3 aromatic rings. The van der Waals surface area contributed by atoms with Gasteiger partial charge in [-0.2, -0.15) is 0 Å². The number of thiazole rings is 1. The second-order valence-corrected chi connectivity index (χ2v) is 10.4. The number of rotatable bonds is 7. The zero-order valence-electron chi connectivity index (χ0n) is 19.0. The van der Waals surface area contributed by atoms with E-state index < -0.39 is 0 Å². The van der Waals surface area contributed by atoms with Gasteiger partial charge in [0.15, 0.2) is 0 Å². The summed E-state index contributed by atoms with van der Waals surface area (Å²) in [5.74, 6) is 0.349. The fourth-order valence-corrected chi connectivity index (χ4v) is 5.42. The minimum absolute atomic E-state index is 0.0633. The molecule has 1 N–H and O–H groups in total. The Kier molecular flexibility index (Phi) is 7.67. The molecular formula is C25H28FN3O2S2. The fourth-order valence-electron chi connectivity index (χ4n) is 3.91. The van der Waals surface area contributed by atoms with Crippen molar-refractivity contribution in [2.45, 2.75) is 50.2 Å². The molecule has 5 nitrogen and oxygen atoms in total. The van der Waals surface area contributed by atoms with Crippen molar-refractivity contribution in [3.05, 3.63) is 75.5 Å². The SMILES string of the molecule is Cc1nc(CSc2ccc(C(=O)NCc3ccc(N4CC(C)OC(C)C4)c(F)c3)cc2)cs1. The van der Waals surface area contributed by atoms with Crippen LogP contribution in [0, 0.1) is 12.7 Å². The van der Waals surface area contributed by atoms with Gasteiger partial charge in [0.25, 0.3) is 5.91 Å². The van der Waals surface area contributed by atoms with Gasteiger partial charge in [-0.3, -0.25) is 4.79 Å². The molecule has 4 rings (SSSR count). The summed E-state index contributed by atoms with van der Waals surface area (Å²) >= 11 is 3.34. The molecule has 2 unspecified atom stereocenters. The van der Waals surface area contributed by atoms with Gasteiger partial charge < -0.3 is 15.0 Å². The molecule has 1 amide bonds. The predicted molar refractivity (Wildman–Crippen MR) is 133 cm³/mol. The quantitative estimate of drug-likeness (QED) is 0.453. The molecule has 1 saturated heterocycles. The molecule has 2 aromatic carbocycles. The van der Waals surface area contributed by atoms with Gasteiger partial charge in [-0.1, -0.05) is 6.07 Å². The number of nitrogens with zero attached hydrogens (tertiary/aromatic N) is 2. The average Bonchev–Trinajstić information content (AvgIpc) is 3.21. The van der Waals surface area contributed by atoms with Gasteiger partial charge in [-0.15, -0.1) is 23.1 Å². The number of halogens is 1. The highest BCUT2D eigenvalue weighted by molar-refractivity contribution is 7.98. The maximum atomic E-state index is 14.8. The Hall–Kier alpha value is -2.42. The highest BCUT2D eigenvalue weighted by atomic mass is 32.2. The zero-order valence-corrected chi connectivity index (χ0v) is 20.6. The maximum Gasteiger partial charge on any atom is 0.251 e. The summed E-state index contributed by atoms with van der Waals surface area (Å²) in [5.41, 5.74) is 2.95. The van der Waals surface area contributed by atoms with E-state index in [0.717, 1.165) is 26.9 Å². The number of nitrogens with one attached hydrogen (secondary N) is 1. The van der Waals surface area contributed by atoms with Crippen LogP contribution < -0.4 is 10.2 Å². The summed E-state index contributed by atoms with van der Waals surface area (Å²) in [6.07, 6.45) is 0.127. The number of ether oxygens (including phenoxy) is 1. The number of thioether (sulfide) groups is 1. The normalized spacial score (nSPS) is 18.4. The lowest BCUT2D eigenvalue weighted by Gasteiger charge is -2.37. The summed E-state index contributed by atoms with van der Waals surface area (Å²) < 4.78 is 20.5. The van der Waals surface area contributed by atoms with E-state index in [1.54, 1.807) is 29.2 Å². The fraction of sp³-hybridized carbons (Fsp3) is 0.360. The number of amides is 1. The highest BCUT2D eigenvalue weighted by Gasteiger charge is 2.24. The second-order valence-electron chi connectivity index (χ2n) is 8.30. The van der Waals surface area contributed by atoms with Crippen LogP contribution in [0.15, 0.2) is 52.7 Å². The molecule has 2 heterocycles. The van der Waals surface area contributed by atoms with Gasteiger partial charge in [0.05, 0.1) is 28.6 Å². The molecule has 174 valence electrons. The third-order valence-electron chi connectivity index (χ3n) is 5.40. The van der Waals surface area contributed by atoms with Gasteiger partial charge in [0.2, 0.25) is 0 Å². The van der Waals surface area contributed by atoms with Crippen LogP contribution >= 0.6 is 23.1 Å². The molecule has 0 saturated carbocycles. The van der Waals surface area contributed by atoms with Crippen LogP contribution in [0.1, 0.15) is 40.5 Å². The molecule has 1 fully saturated rings. The number of aromatic nitrogens is 1. The molecule has 2 atom stereocenters. The van der Waals surface area contributed by atoms with Crippen LogP contribution in [0.2, 0.25) is 0 Å². The van der Waals surface area contributed by atoms with Crippen molar-refractivity contribution in [3.63, 3.8) is 0 Å². The van der Waals surface area contributed by atoms with Crippen molar-refractivity contribution in [2.24, 2.45) is 0 Å². The molecule has 0 bridgehead atoms. The van der Waals surface area contributed by atoms with Crippen molar-refractivity contribution < 1.29 is 13.9 Å². The topological polar surface area (TPSA) is 54.5 Å². The molecule has 0 aliphatic carbocycles.